The van der Waals surface area contributed by atoms with E-state index in [9.17, 15) is 13.2 Å². The number of amides is 1. The predicted molar refractivity (Wildman–Crippen MR) is 129 cm³/mol. The Morgan fingerprint density at radius 1 is 1.00 bits per heavy atom. The van der Waals surface area contributed by atoms with E-state index >= 15 is 0 Å². The third-order valence-electron chi connectivity index (χ3n) is 10.4. The minimum atomic E-state index is -3.20. The van der Waals surface area contributed by atoms with E-state index in [1.807, 2.05) is 19.2 Å². The summed E-state index contributed by atoms with van der Waals surface area (Å²) in [6.07, 6.45) is 8.88. The molecular weight excluding hydrogens is 434 g/mol. The molecule has 3 saturated carbocycles. The fourth-order valence-electron chi connectivity index (χ4n) is 8.54. The molecule has 182 valence electrons. The minimum Gasteiger partial charge on any atom is -0.490 e. The molecule has 4 fully saturated rings. The van der Waals surface area contributed by atoms with Gasteiger partial charge in [0.1, 0.15) is 11.9 Å². The largest absolute Gasteiger partial charge is 0.490 e. The maximum Gasteiger partial charge on any atom is 0.222 e. The van der Waals surface area contributed by atoms with Crippen molar-refractivity contribution < 1.29 is 17.9 Å². The zero-order chi connectivity index (χ0) is 23.8. The molecule has 0 spiro atoms. The van der Waals surface area contributed by atoms with Crippen LogP contribution in [-0.4, -0.2) is 44.7 Å². The fraction of sp³-hybridized carbons (Fsp3) is 0.741. The van der Waals surface area contributed by atoms with Crippen LogP contribution in [0.5, 0.6) is 5.75 Å². The number of benzene rings is 1. The molecule has 1 aromatic rings. The summed E-state index contributed by atoms with van der Waals surface area (Å²) < 4.78 is 30.1. The lowest BCUT2D eigenvalue weighted by Gasteiger charge is -2.63. The summed E-state index contributed by atoms with van der Waals surface area (Å²) in [7, 11) is -1.17. The molecule has 1 aliphatic heterocycles. The third kappa shape index (κ3) is 3.54. The molecule has 1 saturated heterocycles. The number of fused-ring (bicyclic) bond motifs is 5. The molecule has 0 bridgehead atoms. The van der Waals surface area contributed by atoms with E-state index < -0.39 is 9.84 Å². The number of rotatable bonds is 3. The Morgan fingerprint density at radius 3 is 2.33 bits per heavy atom. The number of sulfone groups is 1. The summed E-state index contributed by atoms with van der Waals surface area (Å²) in [5.41, 5.74) is 0.367. The molecule has 33 heavy (non-hydrogen) atoms. The van der Waals surface area contributed by atoms with Crippen molar-refractivity contribution in [2.75, 3.05) is 13.3 Å². The lowest BCUT2D eigenvalue weighted by molar-refractivity contribution is -0.168. The van der Waals surface area contributed by atoms with E-state index in [0.29, 0.717) is 46.9 Å². The second-order valence-electron chi connectivity index (χ2n) is 12.0. The smallest absolute Gasteiger partial charge is 0.222 e. The van der Waals surface area contributed by atoms with Crippen LogP contribution in [0.2, 0.25) is 0 Å². The molecule has 3 aliphatic carbocycles. The van der Waals surface area contributed by atoms with Gasteiger partial charge < -0.3 is 9.64 Å². The van der Waals surface area contributed by atoms with Gasteiger partial charge in [-0.25, -0.2) is 8.42 Å². The number of carbonyl (C=O) groups excluding carboxylic acids is 1. The Labute approximate surface area is 199 Å². The highest BCUT2D eigenvalue weighted by molar-refractivity contribution is 7.90. The van der Waals surface area contributed by atoms with Crippen LogP contribution in [0.15, 0.2) is 29.2 Å². The average molecular weight is 474 g/mol. The molecule has 8 atom stereocenters. The third-order valence-corrected chi connectivity index (χ3v) is 11.5. The fourth-order valence-corrected chi connectivity index (χ4v) is 9.17. The van der Waals surface area contributed by atoms with Crippen LogP contribution in [0.4, 0.5) is 0 Å². The van der Waals surface area contributed by atoms with Crippen molar-refractivity contribution in [1.29, 1.82) is 0 Å². The van der Waals surface area contributed by atoms with E-state index in [-0.39, 0.29) is 16.9 Å². The van der Waals surface area contributed by atoms with Gasteiger partial charge in [-0.2, -0.15) is 0 Å². The summed E-state index contributed by atoms with van der Waals surface area (Å²) in [4.78, 5) is 14.9. The van der Waals surface area contributed by atoms with Gasteiger partial charge in [-0.05, 0) is 91.9 Å². The summed E-state index contributed by atoms with van der Waals surface area (Å²) >= 11 is 0. The molecule has 3 unspecified atom stereocenters. The van der Waals surface area contributed by atoms with Gasteiger partial charge in [-0.15, -0.1) is 0 Å². The zero-order valence-electron chi connectivity index (χ0n) is 20.7. The maximum atomic E-state index is 12.5. The van der Waals surface area contributed by atoms with Crippen LogP contribution in [0, 0.1) is 34.5 Å². The van der Waals surface area contributed by atoms with E-state index in [2.05, 4.69) is 25.7 Å². The van der Waals surface area contributed by atoms with Gasteiger partial charge in [0.2, 0.25) is 5.91 Å². The van der Waals surface area contributed by atoms with Crippen molar-refractivity contribution in [1.82, 2.24) is 4.90 Å². The van der Waals surface area contributed by atoms with Crippen molar-refractivity contribution in [3.05, 3.63) is 24.3 Å². The van der Waals surface area contributed by atoms with Crippen molar-refractivity contribution in [3.8, 4) is 5.75 Å². The Morgan fingerprint density at radius 2 is 1.67 bits per heavy atom. The molecule has 0 aromatic heterocycles. The van der Waals surface area contributed by atoms with Crippen molar-refractivity contribution >= 4 is 15.7 Å². The summed E-state index contributed by atoms with van der Waals surface area (Å²) in [6, 6.07) is 7.30. The Bertz CT molecular complexity index is 1040. The number of piperidine rings is 1. The van der Waals surface area contributed by atoms with Crippen LogP contribution in [0.3, 0.4) is 0 Å². The van der Waals surface area contributed by atoms with Crippen molar-refractivity contribution in [3.63, 3.8) is 0 Å². The molecule has 5 nitrogen and oxygen atoms in total. The van der Waals surface area contributed by atoms with Crippen LogP contribution in [0.1, 0.15) is 65.7 Å². The topological polar surface area (TPSA) is 63.7 Å². The molecule has 0 radical (unpaired) electrons. The lowest BCUT2D eigenvalue weighted by atomic mass is 9.45. The van der Waals surface area contributed by atoms with Gasteiger partial charge in [0, 0.05) is 31.2 Å². The highest BCUT2D eigenvalue weighted by Crippen LogP contribution is 2.66. The average Bonchev–Trinajstić information content (AvgIpc) is 3.08. The number of carbonyl (C=O) groups is 1. The lowest BCUT2D eigenvalue weighted by Crippen LogP contribution is -2.63. The van der Waals surface area contributed by atoms with Crippen LogP contribution >= 0.6 is 0 Å². The number of ether oxygens (including phenoxy) is 1. The molecular formula is C27H39NO4S. The Hall–Kier alpha value is -1.56. The first kappa shape index (κ1) is 23.2. The van der Waals surface area contributed by atoms with Gasteiger partial charge >= 0.3 is 0 Å². The first-order valence-corrected chi connectivity index (χ1v) is 14.6. The monoisotopic (exact) mass is 473 g/mol. The molecule has 1 aromatic carbocycles. The minimum absolute atomic E-state index is 0.143. The Balaban J connectivity index is 1.38. The number of likely N-dealkylation sites (tertiary alicyclic amines) is 1. The number of hydrogen-bond acceptors (Lipinski definition) is 4. The second kappa shape index (κ2) is 7.73. The molecule has 1 amide bonds. The predicted octanol–water partition coefficient (Wildman–Crippen LogP) is 4.95. The highest BCUT2D eigenvalue weighted by Gasteiger charge is 2.63. The van der Waals surface area contributed by atoms with E-state index in [4.69, 9.17) is 4.74 Å². The summed E-state index contributed by atoms with van der Waals surface area (Å²) in [5, 5.41) is 0. The molecule has 6 heteroatoms. The highest BCUT2D eigenvalue weighted by atomic mass is 32.2. The van der Waals surface area contributed by atoms with Gasteiger partial charge in [0.15, 0.2) is 9.84 Å². The molecule has 4 aliphatic rings. The van der Waals surface area contributed by atoms with Crippen molar-refractivity contribution in [2.24, 2.45) is 34.5 Å². The van der Waals surface area contributed by atoms with Gasteiger partial charge in [0.05, 0.1) is 4.90 Å². The van der Waals surface area contributed by atoms with E-state index in [1.54, 1.807) is 12.1 Å². The molecule has 0 N–H and O–H groups in total. The molecule has 1 heterocycles. The number of nitrogens with zero attached hydrogens (tertiary/aromatic N) is 1. The standard InChI is InChI=1S/C27H39NO4S/c1-17-16-22-26(2,15-13-24(29)28(22)4)21-12-14-27(3)20(25(17)21)10-11-23(27)32-18-6-8-19(9-7-18)33(5,30)31/h6-9,17,20-23,25H,10-16H2,1-5H3/t17?,20-,21+,22?,23?,25-,26+,27-/m0/s1. The van der Waals surface area contributed by atoms with Crippen molar-refractivity contribution in [2.45, 2.75) is 82.8 Å². The summed E-state index contributed by atoms with van der Waals surface area (Å²) in [5.74, 6) is 3.71. The first-order valence-electron chi connectivity index (χ1n) is 12.7. The first-order chi connectivity index (χ1) is 15.4. The molecule has 5 rings (SSSR count). The van der Waals surface area contributed by atoms with Gasteiger partial charge in [-0.1, -0.05) is 20.8 Å². The zero-order valence-corrected chi connectivity index (χ0v) is 21.5. The summed E-state index contributed by atoms with van der Waals surface area (Å²) in [6.45, 7) is 7.33. The van der Waals surface area contributed by atoms with Gasteiger partial charge in [0.25, 0.3) is 0 Å². The normalized spacial score (nSPS) is 42.9. The van der Waals surface area contributed by atoms with E-state index in [0.717, 1.165) is 31.4 Å². The van der Waals surface area contributed by atoms with Crippen LogP contribution in [-0.2, 0) is 14.6 Å². The van der Waals surface area contributed by atoms with E-state index in [1.165, 1.54) is 19.1 Å². The Kier molecular flexibility index (Phi) is 5.43. The maximum absolute atomic E-state index is 12.5. The quantitative estimate of drug-likeness (QED) is 0.623. The van der Waals surface area contributed by atoms with Gasteiger partial charge in [-0.3, -0.25) is 4.79 Å². The SMILES string of the molecule is CC1CC2N(C)C(=O)CC[C@]2(C)[C@@H]2CC[C@]3(C)C(Oc4ccc(S(C)(=O)=O)cc4)CC[C@H]3[C@H]12. The van der Waals surface area contributed by atoms with Crippen LogP contribution < -0.4 is 4.74 Å². The second-order valence-corrected chi connectivity index (χ2v) is 14.0. The van der Waals surface area contributed by atoms with Crippen LogP contribution in [0.25, 0.3) is 0 Å². The number of hydrogen-bond donors (Lipinski definition) is 0.